The van der Waals surface area contributed by atoms with Crippen molar-refractivity contribution >= 4 is 33.4 Å². The molecule has 0 fully saturated rings. The van der Waals surface area contributed by atoms with E-state index in [9.17, 15) is 26.4 Å². The molecule has 0 amide bonds. The quantitative estimate of drug-likeness (QED) is 0.560. The number of benzene rings is 1. The van der Waals surface area contributed by atoms with Crippen LogP contribution < -0.4 is 4.31 Å². The van der Waals surface area contributed by atoms with E-state index in [1.165, 1.54) is 7.11 Å². The van der Waals surface area contributed by atoms with Crippen molar-refractivity contribution in [2.75, 3.05) is 18.0 Å². The van der Waals surface area contributed by atoms with Gasteiger partial charge in [-0.1, -0.05) is 23.8 Å². The summed E-state index contributed by atoms with van der Waals surface area (Å²) in [5, 5.41) is 8.56. The Kier molecular flexibility index (Phi) is 7.11. The van der Waals surface area contributed by atoms with Gasteiger partial charge >= 0.3 is 12.1 Å². The first-order chi connectivity index (χ1) is 15.8. The molecular formula is C22H20ClF3N2O5S. The second-order valence-corrected chi connectivity index (χ2v) is 9.98. The highest BCUT2D eigenvalue weighted by molar-refractivity contribution is 7.92. The number of hydrogen-bond acceptors (Lipinski definition) is 5. The Hall–Kier alpha value is -2.89. The van der Waals surface area contributed by atoms with Crippen LogP contribution in [0.4, 0.5) is 19.0 Å². The molecular weight excluding hydrogens is 497 g/mol. The van der Waals surface area contributed by atoms with Crippen molar-refractivity contribution in [3.8, 4) is 0 Å². The van der Waals surface area contributed by atoms with E-state index >= 15 is 0 Å². The van der Waals surface area contributed by atoms with Crippen LogP contribution in [0.3, 0.4) is 0 Å². The van der Waals surface area contributed by atoms with Crippen molar-refractivity contribution < 1.29 is 36.2 Å². The zero-order chi connectivity index (χ0) is 25.3. The molecule has 0 spiro atoms. The number of sulfonamides is 1. The molecule has 0 radical (unpaired) electrons. The van der Waals surface area contributed by atoms with E-state index in [0.717, 1.165) is 28.6 Å². The number of hydrogen-bond donors (Lipinski definition) is 1. The molecule has 1 aliphatic carbocycles. The van der Waals surface area contributed by atoms with Gasteiger partial charge in [0, 0.05) is 13.3 Å². The zero-order valence-corrected chi connectivity index (χ0v) is 19.6. The summed E-state index contributed by atoms with van der Waals surface area (Å²) in [6, 6.07) is 5.00. The van der Waals surface area contributed by atoms with Gasteiger partial charge in [0.1, 0.15) is 0 Å². The second-order valence-electron chi connectivity index (χ2n) is 7.71. The van der Waals surface area contributed by atoms with E-state index in [2.05, 4.69) is 4.98 Å². The van der Waals surface area contributed by atoms with Gasteiger partial charge in [0.2, 0.25) is 0 Å². The van der Waals surface area contributed by atoms with Crippen LogP contribution in [0.1, 0.15) is 29.3 Å². The number of carbonyl (C=O) groups is 1. The Balaban J connectivity index is 2.12. The molecule has 0 saturated heterocycles. The number of carboxylic acid groups (broad SMARTS) is 1. The molecule has 1 unspecified atom stereocenters. The predicted molar refractivity (Wildman–Crippen MR) is 119 cm³/mol. The van der Waals surface area contributed by atoms with Crippen LogP contribution in [0.25, 0.3) is 0 Å². The minimum absolute atomic E-state index is 0.134. The normalized spacial score (nSPS) is 18.5. The number of ether oxygens (including phenoxy) is 1. The first-order valence-electron chi connectivity index (χ1n) is 9.79. The van der Waals surface area contributed by atoms with E-state index in [-0.39, 0.29) is 17.0 Å². The van der Waals surface area contributed by atoms with Crippen molar-refractivity contribution in [2.45, 2.75) is 30.0 Å². The number of nitrogens with zero attached hydrogens (tertiary/aromatic N) is 2. The number of alkyl halides is 3. The molecule has 1 atom stereocenters. The van der Waals surface area contributed by atoms with Gasteiger partial charge in [-0.25, -0.2) is 22.5 Å². The van der Waals surface area contributed by atoms with E-state index in [4.69, 9.17) is 21.4 Å². The largest absolute Gasteiger partial charge is 0.478 e. The monoisotopic (exact) mass is 516 g/mol. The number of aromatic nitrogens is 1. The van der Waals surface area contributed by atoms with E-state index in [1.807, 2.05) is 0 Å². The molecule has 0 aliphatic heterocycles. The fourth-order valence-corrected chi connectivity index (χ4v) is 5.03. The fraction of sp³-hybridized carbons (Fsp3) is 0.273. The lowest BCUT2D eigenvalue weighted by atomic mass is 9.93. The minimum Gasteiger partial charge on any atom is -0.478 e. The van der Waals surface area contributed by atoms with Crippen LogP contribution >= 0.6 is 11.6 Å². The molecule has 1 heterocycles. The standard InChI is InChI=1S/C22H20ClF3N2O5S/c1-21(33-2)9-3-4-14(11-21)13-28(19-18(23)10-16(12-27-19)22(24,25)26)34(31,32)17-7-5-15(6-8-17)20(29)30/h3-8,10-12H,9,13H2,1-2H3,(H,29,30). The van der Waals surface area contributed by atoms with Gasteiger partial charge in [0.05, 0.1) is 33.2 Å². The maximum atomic E-state index is 13.5. The summed E-state index contributed by atoms with van der Waals surface area (Å²) in [5.41, 5.74) is -1.47. The molecule has 1 aliphatic rings. The Morgan fingerprint density at radius 1 is 1.29 bits per heavy atom. The summed E-state index contributed by atoms with van der Waals surface area (Å²) in [7, 11) is -2.91. The SMILES string of the molecule is COC1(C)C=C(CN(c2ncc(C(F)(F)F)cc2Cl)S(=O)(=O)c2ccc(C(=O)O)cc2)C=CC1. The van der Waals surface area contributed by atoms with Gasteiger partial charge in [0.25, 0.3) is 10.0 Å². The third-order valence-corrected chi connectivity index (χ3v) is 7.24. The van der Waals surface area contributed by atoms with Gasteiger partial charge in [-0.2, -0.15) is 13.2 Å². The average Bonchev–Trinajstić information content (AvgIpc) is 2.77. The number of methoxy groups -OCH3 is 1. The van der Waals surface area contributed by atoms with Crippen LogP contribution in [0.5, 0.6) is 0 Å². The third-order valence-electron chi connectivity index (χ3n) is 5.21. The van der Waals surface area contributed by atoms with Gasteiger partial charge in [-0.05, 0) is 55.3 Å². The number of anilines is 1. The Bertz CT molecular complexity index is 1260. The molecule has 12 heteroatoms. The molecule has 0 saturated carbocycles. The van der Waals surface area contributed by atoms with Crippen LogP contribution in [0.15, 0.2) is 65.2 Å². The highest BCUT2D eigenvalue weighted by Gasteiger charge is 2.35. The molecule has 1 aromatic heterocycles. The van der Waals surface area contributed by atoms with Crippen molar-refractivity contribution in [1.29, 1.82) is 0 Å². The maximum absolute atomic E-state index is 13.5. The summed E-state index contributed by atoms with van der Waals surface area (Å²) < 4.78 is 72.6. The number of halogens is 4. The summed E-state index contributed by atoms with van der Waals surface area (Å²) in [5.74, 6) is -1.65. The van der Waals surface area contributed by atoms with Crippen LogP contribution in [0, 0.1) is 0 Å². The summed E-state index contributed by atoms with van der Waals surface area (Å²) in [6.07, 6.45) is 1.49. The molecule has 182 valence electrons. The van der Waals surface area contributed by atoms with Crippen molar-refractivity contribution in [3.05, 3.63) is 76.5 Å². The van der Waals surface area contributed by atoms with Crippen LogP contribution in [-0.4, -0.2) is 43.7 Å². The molecule has 1 N–H and O–H groups in total. The van der Waals surface area contributed by atoms with Crippen LogP contribution in [-0.2, 0) is 20.9 Å². The highest BCUT2D eigenvalue weighted by atomic mass is 35.5. The molecule has 3 rings (SSSR count). The van der Waals surface area contributed by atoms with Crippen molar-refractivity contribution in [2.24, 2.45) is 0 Å². The molecule has 7 nitrogen and oxygen atoms in total. The van der Waals surface area contributed by atoms with Gasteiger partial charge in [0.15, 0.2) is 5.82 Å². The third kappa shape index (κ3) is 5.43. The number of pyridine rings is 1. The van der Waals surface area contributed by atoms with E-state index in [0.29, 0.717) is 24.3 Å². The minimum atomic E-state index is -4.72. The van der Waals surface area contributed by atoms with Gasteiger partial charge in [-0.15, -0.1) is 0 Å². The zero-order valence-electron chi connectivity index (χ0n) is 18.0. The number of aromatic carboxylic acids is 1. The summed E-state index contributed by atoms with van der Waals surface area (Å²) in [4.78, 5) is 14.6. The molecule has 0 bridgehead atoms. The maximum Gasteiger partial charge on any atom is 0.417 e. The second kappa shape index (κ2) is 9.40. The van der Waals surface area contributed by atoms with E-state index in [1.54, 1.807) is 25.2 Å². The Labute approximate surface area is 199 Å². The lowest BCUT2D eigenvalue weighted by Crippen LogP contribution is -2.35. The molecule has 2 aromatic rings. The molecule has 1 aromatic carbocycles. The predicted octanol–water partition coefficient (Wildman–Crippen LogP) is 4.94. The van der Waals surface area contributed by atoms with Crippen LogP contribution in [0.2, 0.25) is 5.02 Å². The van der Waals surface area contributed by atoms with E-state index < -0.39 is 44.2 Å². The molecule has 34 heavy (non-hydrogen) atoms. The fourth-order valence-electron chi connectivity index (χ4n) is 3.29. The smallest absolute Gasteiger partial charge is 0.417 e. The topological polar surface area (TPSA) is 96.8 Å². The van der Waals surface area contributed by atoms with Gasteiger partial charge < -0.3 is 9.84 Å². The lowest BCUT2D eigenvalue weighted by molar-refractivity contribution is -0.137. The average molecular weight is 517 g/mol. The summed E-state index contributed by atoms with van der Waals surface area (Å²) >= 11 is 6.08. The Morgan fingerprint density at radius 2 is 1.94 bits per heavy atom. The Morgan fingerprint density at radius 3 is 2.47 bits per heavy atom. The number of carboxylic acids is 1. The highest BCUT2D eigenvalue weighted by Crippen LogP contribution is 2.36. The van der Waals surface area contributed by atoms with Crippen molar-refractivity contribution in [3.63, 3.8) is 0 Å². The first-order valence-corrected chi connectivity index (χ1v) is 11.6. The summed E-state index contributed by atoms with van der Waals surface area (Å²) in [6.45, 7) is 1.49. The number of rotatable bonds is 7. The van der Waals surface area contributed by atoms with Crippen molar-refractivity contribution in [1.82, 2.24) is 4.98 Å². The first kappa shape index (κ1) is 25.7. The van der Waals surface area contributed by atoms with Gasteiger partial charge in [-0.3, -0.25) is 0 Å². The lowest BCUT2D eigenvalue weighted by Gasteiger charge is -2.30.